The first-order valence-corrected chi connectivity index (χ1v) is 6.06. The van der Waals surface area contributed by atoms with Crippen LogP contribution in [0.2, 0.25) is 0 Å². The third-order valence-electron chi connectivity index (χ3n) is 2.70. The van der Waals surface area contributed by atoms with Gasteiger partial charge in [-0.3, -0.25) is 9.59 Å². The fraction of sp³-hybridized carbons (Fsp3) is 0.357. The van der Waals surface area contributed by atoms with Gasteiger partial charge in [-0.1, -0.05) is 12.1 Å². The van der Waals surface area contributed by atoms with Crippen LogP contribution in [-0.2, 0) is 9.59 Å². The van der Waals surface area contributed by atoms with Crippen molar-refractivity contribution in [3.63, 3.8) is 0 Å². The van der Waals surface area contributed by atoms with Crippen molar-refractivity contribution in [2.75, 3.05) is 5.32 Å². The summed E-state index contributed by atoms with van der Waals surface area (Å²) < 4.78 is 0. The van der Waals surface area contributed by atoms with E-state index in [1.165, 1.54) is 6.92 Å². The van der Waals surface area contributed by atoms with Crippen molar-refractivity contribution >= 4 is 23.2 Å². The van der Waals surface area contributed by atoms with Gasteiger partial charge in [-0.2, -0.15) is 5.10 Å². The van der Waals surface area contributed by atoms with Gasteiger partial charge in [0.05, 0.1) is 6.42 Å². The standard InChI is InChI=1S/C14H19N3O2/c1-9-6-5-7-13(11(9)3)15-14(19)8-10(2)16-17-12(4)18/h5-7H,8H2,1-4H3,(H,15,19)(H,17,18)/b16-10-. The summed E-state index contributed by atoms with van der Waals surface area (Å²) in [6.45, 7) is 7.02. The van der Waals surface area contributed by atoms with Crippen molar-refractivity contribution in [3.05, 3.63) is 29.3 Å². The molecule has 0 heterocycles. The van der Waals surface area contributed by atoms with Crippen LogP contribution in [0.1, 0.15) is 31.4 Å². The van der Waals surface area contributed by atoms with Gasteiger partial charge in [-0.05, 0) is 38.0 Å². The van der Waals surface area contributed by atoms with Crippen LogP contribution < -0.4 is 10.7 Å². The lowest BCUT2D eigenvalue weighted by Gasteiger charge is -2.10. The molecule has 2 amide bonds. The largest absolute Gasteiger partial charge is 0.326 e. The molecule has 1 rings (SSSR count). The quantitative estimate of drug-likeness (QED) is 0.644. The van der Waals surface area contributed by atoms with E-state index in [-0.39, 0.29) is 18.2 Å². The predicted octanol–water partition coefficient (Wildman–Crippen LogP) is 2.14. The van der Waals surface area contributed by atoms with Crippen LogP contribution in [-0.4, -0.2) is 17.5 Å². The molecule has 0 fully saturated rings. The molecule has 1 aromatic rings. The minimum Gasteiger partial charge on any atom is -0.326 e. The lowest BCUT2D eigenvalue weighted by molar-refractivity contribution is -0.119. The Morgan fingerprint density at radius 3 is 2.53 bits per heavy atom. The van der Waals surface area contributed by atoms with E-state index in [1.54, 1.807) is 6.92 Å². The number of aryl methyl sites for hydroxylation is 1. The zero-order valence-corrected chi connectivity index (χ0v) is 11.7. The minimum absolute atomic E-state index is 0.146. The molecule has 0 aromatic heterocycles. The maximum Gasteiger partial charge on any atom is 0.236 e. The molecule has 102 valence electrons. The topological polar surface area (TPSA) is 70.6 Å². The molecule has 5 heteroatoms. The fourth-order valence-corrected chi connectivity index (χ4v) is 1.53. The third kappa shape index (κ3) is 4.91. The fourth-order valence-electron chi connectivity index (χ4n) is 1.53. The number of amides is 2. The number of hydrogen-bond donors (Lipinski definition) is 2. The molecule has 0 aliphatic rings. The van der Waals surface area contributed by atoms with Gasteiger partial charge in [0.2, 0.25) is 11.8 Å². The number of rotatable bonds is 4. The molecule has 19 heavy (non-hydrogen) atoms. The highest BCUT2D eigenvalue weighted by atomic mass is 16.2. The van der Waals surface area contributed by atoms with E-state index in [0.29, 0.717) is 5.71 Å². The lowest BCUT2D eigenvalue weighted by atomic mass is 10.1. The van der Waals surface area contributed by atoms with Gasteiger partial charge in [0.15, 0.2) is 0 Å². The highest BCUT2D eigenvalue weighted by Crippen LogP contribution is 2.17. The Bertz CT molecular complexity index is 521. The van der Waals surface area contributed by atoms with Crippen LogP contribution in [0.5, 0.6) is 0 Å². The average Bonchev–Trinajstić information content (AvgIpc) is 2.32. The highest BCUT2D eigenvalue weighted by Gasteiger charge is 2.07. The van der Waals surface area contributed by atoms with E-state index in [1.807, 2.05) is 32.0 Å². The Kier molecular flexibility index (Phi) is 5.23. The van der Waals surface area contributed by atoms with E-state index in [0.717, 1.165) is 16.8 Å². The van der Waals surface area contributed by atoms with E-state index in [4.69, 9.17) is 0 Å². The Labute approximate surface area is 113 Å². The van der Waals surface area contributed by atoms with E-state index in [9.17, 15) is 9.59 Å². The molecule has 0 saturated heterocycles. The molecule has 0 spiro atoms. The summed E-state index contributed by atoms with van der Waals surface area (Å²) in [5, 5.41) is 6.64. The monoisotopic (exact) mass is 261 g/mol. The Morgan fingerprint density at radius 2 is 1.89 bits per heavy atom. The molecule has 0 bridgehead atoms. The molecule has 0 radical (unpaired) electrons. The second kappa shape index (κ2) is 6.68. The summed E-state index contributed by atoms with van der Waals surface area (Å²) in [5.41, 5.74) is 5.84. The SMILES string of the molecule is CC(=O)N/N=C(/C)CC(=O)Nc1cccc(C)c1C. The Hall–Kier alpha value is -2.17. The molecule has 0 aliphatic heterocycles. The summed E-state index contributed by atoms with van der Waals surface area (Å²) in [6.07, 6.45) is 0.146. The first kappa shape index (κ1) is 14.9. The maximum absolute atomic E-state index is 11.8. The van der Waals surface area contributed by atoms with Crippen LogP contribution in [0.3, 0.4) is 0 Å². The summed E-state index contributed by atoms with van der Waals surface area (Å²) in [6, 6.07) is 5.76. The van der Waals surface area contributed by atoms with Gasteiger partial charge < -0.3 is 5.32 Å². The molecular formula is C14H19N3O2. The van der Waals surface area contributed by atoms with Crippen LogP contribution in [0.4, 0.5) is 5.69 Å². The number of carbonyl (C=O) groups excluding carboxylic acids is 2. The zero-order valence-electron chi connectivity index (χ0n) is 11.7. The smallest absolute Gasteiger partial charge is 0.236 e. The number of benzene rings is 1. The zero-order chi connectivity index (χ0) is 14.4. The lowest BCUT2D eigenvalue weighted by Crippen LogP contribution is -2.19. The normalized spacial score (nSPS) is 11.1. The second-order valence-corrected chi connectivity index (χ2v) is 4.49. The molecule has 0 unspecified atom stereocenters. The number of carbonyl (C=O) groups is 2. The molecule has 5 nitrogen and oxygen atoms in total. The molecule has 1 aromatic carbocycles. The van der Waals surface area contributed by atoms with Gasteiger partial charge in [-0.15, -0.1) is 0 Å². The van der Waals surface area contributed by atoms with Crippen molar-refractivity contribution in [2.45, 2.75) is 34.1 Å². The summed E-state index contributed by atoms with van der Waals surface area (Å²) in [4.78, 5) is 22.5. The Balaban J connectivity index is 2.63. The highest BCUT2D eigenvalue weighted by molar-refractivity contribution is 6.06. The molecular weight excluding hydrogens is 242 g/mol. The van der Waals surface area contributed by atoms with Crippen LogP contribution in [0.15, 0.2) is 23.3 Å². The van der Waals surface area contributed by atoms with Gasteiger partial charge in [-0.25, -0.2) is 5.43 Å². The number of hydrogen-bond acceptors (Lipinski definition) is 3. The Morgan fingerprint density at radius 1 is 1.21 bits per heavy atom. The van der Waals surface area contributed by atoms with Gasteiger partial charge >= 0.3 is 0 Å². The van der Waals surface area contributed by atoms with Crippen LogP contribution in [0, 0.1) is 13.8 Å². The van der Waals surface area contributed by atoms with Crippen molar-refractivity contribution in [3.8, 4) is 0 Å². The minimum atomic E-state index is -0.255. The van der Waals surface area contributed by atoms with E-state index >= 15 is 0 Å². The second-order valence-electron chi connectivity index (χ2n) is 4.49. The molecule has 0 saturated carbocycles. The number of anilines is 1. The molecule has 0 atom stereocenters. The van der Waals surface area contributed by atoms with Crippen LogP contribution in [0.25, 0.3) is 0 Å². The van der Waals surface area contributed by atoms with Crippen molar-refractivity contribution in [2.24, 2.45) is 5.10 Å². The first-order valence-electron chi connectivity index (χ1n) is 6.06. The number of nitrogens with zero attached hydrogens (tertiary/aromatic N) is 1. The molecule has 0 aliphatic carbocycles. The third-order valence-corrected chi connectivity index (χ3v) is 2.70. The van der Waals surface area contributed by atoms with Gasteiger partial charge in [0.25, 0.3) is 0 Å². The average molecular weight is 261 g/mol. The van der Waals surface area contributed by atoms with Crippen molar-refractivity contribution in [1.29, 1.82) is 0 Å². The van der Waals surface area contributed by atoms with Gasteiger partial charge in [0.1, 0.15) is 0 Å². The summed E-state index contributed by atoms with van der Waals surface area (Å²) in [5.74, 6) is -0.408. The predicted molar refractivity (Wildman–Crippen MR) is 76.1 cm³/mol. The van der Waals surface area contributed by atoms with Crippen molar-refractivity contribution in [1.82, 2.24) is 5.43 Å². The summed E-state index contributed by atoms with van der Waals surface area (Å²) in [7, 11) is 0. The van der Waals surface area contributed by atoms with Crippen LogP contribution >= 0.6 is 0 Å². The maximum atomic E-state index is 11.8. The summed E-state index contributed by atoms with van der Waals surface area (Å²) >= 11 is 0. The number of hydrazone groups is 1. The van der Waals surface area contributed by atoms with Crippen molar-refractivity contribution < 1.29 is 9.59 Å². The van der Waals surface area contributed by atoms with E-state index in [2.05, 4.69) is 15.8 Å². The number of nitrogens with one attached hydrogen (secondary N) is 2. The first-order chi connectivity index (χ1) is 8.90. The van der Waals surface area contributed by atoms with Gasteiger partial charge in [0, 0.05) is 18.3 Å². The molecule has 2 N–H and O–H groups in total. The van der Waals surface area contributed by atoms with E-state index < -0.39 is 0 Å².